The number of hydrogen-bond acceptors (Lipinski definition) is 2. The van der Waals surface area contributed by atoms with Crippen molar-refractivity contribution in [1.82, 2.24) is 4.98 Å². The van der Waals surface area contributed by atoms with Crippen molar-refractivity contribution in [1.29, 1.82) is 0 Å². The maximum absolute atomic E-state index is 11.0. The number of aromatic amines is 1. The molecule has 0 atom stereocenters. The van der Waals surface area contributed by atoms with Gasteiger partial charge in [0, 0.05) is 17.1 Å². The first-order valence-electron chi connectivity index (χ1n) is 6.10. The summed E-state index contributed by atoms with van der Waals surface area (Å²) in [5, 5.41) is 0.889. The van der Waals surface area contributed by atoms with E-state index in [1.165, 1.54) is 0 Å². The second-order valence-electron chi connectivity index (χ2n) is 4.31. The summed E-state index contributed by atoms with van der Waals surface area (Å²) in [6.45, 7) is 0.509. The summed E-state index contributed by atoms with van der Waals surface area (Å²) >= 11 is 0. The van der Waals surface area contributed by atoms with Gasteiger partial charge in [-0.15, -0.1) is 0 Å². The second kappa shape index (κ2) is 4.98. The van der Waals surface area contributed by atoms with Crippen molar-refractivity contribution in [3.8, 4) is 5.75 Å². The van der Waals surface area contributed by atoms with Crippen LogP contribution < -0.4 is 4.74 Å². The zero-order valence-corrected chi connectivity index (χ0v) is 10.3. The molecule has 0 unspecified atom stereocenters. The predicted molar refractivity (Wildman–Crippen MR) is 74.5 cm³/mol. The van der Waals surface area contributed by atoms with Crippen molar-refractivity contribution in [2.75, 3.05) is 0 Å². The Balaban J connectivity index is 1.89. The molecule has 3 aromatic rings. The van der Waals surface area contributed by atoms with Gasteiger partial charge in [-0.25, -0.2) is 0 Å². The van der Waals surface area contributed by atoms with E-state index >= 15 is 0 Å². The molecule has 0 saturated carbocycles. The van der Waals surface area contributed by atoms with E-state index in [-0.39, 0.29) is 0 Å². The summed E-state index contributed by atoms with van der Waals surface area (Å²) in [4.78, 5) is 14.1. The number of aldehydes is 1. The molecule has 1 aromatic heterocycles. The lowest BCUT2D eigenvalue weighted by atomic mass is 10.1. The van der Waals surface area contributed by atoms with Crippen LogP contribution in [-0.2, 0) is 6.61 Å². The monoisotopic (exact) mass is 251 g/mol. The molecule has 94 valence electrons. The standard InChI is InChI=1S/C16H13NO2/c18-10-13-6-7-15(16-14(13)8-9-17-16)19-11-12-4-2-1-3-5-12/h1-10,17H,11H2. The van der Waals surface area contributed by atoms with Gasteiger partial charge >= 0.3 is 0 Å². The zero-order chi connectivity index (χ0) is 13.1. The average molecular weight is 251 g/mol. The molecule has 2 aromatic carbocycles. The molecule has 3 rings (SSSR count). The van der Waals surface area contributed by atoms with Crippen LogP contribution in [0.15, 0.2) is 54.7 Å². The highest BCUT2D eigenvalue weighted by Crippen LogP contribution is 2.27. The molecule has 0 bridgehead atoms. The van der Waals surface area contributed by atoms with Gasteiger partial charge in [0.1, 0.15) is 12.4 Å². The molecule has 0 aliphatic heterocycles. The number of nitrogens with one attached hydrogen (secondary N) is 1. The highest BCUT2D eigenvalue weighted by atomic mass is 16.5. The Morgan fingerprint density at radius 3 is 2.68 bits per heavy atom. The normalized spacial score (nSPS) is 10.5. The number of carbonyl (C=O) groups is 1. The number of carbonyl (C=O) groups excluding carboxylic acids is 1. The van der Waals surface area contributed by atoms with Gasteiger partial charge < -0.3 is 9.72 Å². The van der Waals surface area contributed by atoms with Crippen LogP contribution in [0.5, 0.6) is 5.75 Å². The Kier molecular flexibility index (Phi) is 3.02. The van der Waals surface area contributed by atoms with Crippen molar-refractivity contribution >= 4 is 17.2 Å². The summed E-state index contributed by atoms with van der Waals surface area (Å²) in [6.07, 6.45) is 2.67. The predicted octanol–water partition coefficient (Wildman–Crippen LogP) is 3.56. The third-order valence-corrected chi connectivity index (χ3v) is 3.08. The highest BCUT2D eigenvalue weighted by Gasteiger charge is 2.07. The Morgan fingerprint density at radius 2 is 1.89 bits per heavy atom. The van der Waals surface area contributed by atoms with Crippen molar-refractivity contribution < 1.29 is 9.53 Å². The van der Waals surface area contributed by atoms with Crippen LogP contribution in [0, 0.1) is 0 Å². The van der Waals surface area contributed by atoms with Crippen LogP contribution in [0.3, 0.4) is 0 Å². The molecule has 3 nitrogen and oxygen atoms in total. The number of aromatic nitrogens is 1. The summed E-state index contributed by atoms with van der Waals surface area (Å²) < 4.78 is 5.82. The van der Waals surface area contributed by atoms with Gasteiger partial charge in [-0.1, -0.05) is 30.3 Å². The molecule has 0 saturated heterocycles. The minimum atomic E-state index is 0.509. The molecular weight excluding hydrogens is 238 g/mol. The lowest BCUT2D eigenvalue weighted by Gasteiger charge is -2.08. The maximum Gasteiger partial charge on any atom is 0.150 e. The topological polar surface area (TPSA) is 42.1 Å². The van der Waals surface area contributed by atoms with Crippen LogP contribution in [0.25, 0.3) is 10.9 Å². The number of ether oxygens (including phenoxy) is 1. The van der Waals surface area contributed by atoms with Crippen molar-refractivity contribution in [3.63, 3.8) is 0 Å². The molecule has 0 fully saturated rings. The Bertz CT molecular complexity index is 701. The van der Waals surface area contributed by atoms with Crippen LogP contribution in [0.2, 0.25) is 0 Å². The number of rotatable bonds is 4. The third kappa shape index (κ3) is 2.22. The molecule has 0 amide bonds. The summed E-state index contributed by atoms with van der Waals surface area (Å²) in [6, 6.07) is 15.5. The molecule has 1 N–H and O–H groups in total. The van der Waals surface area contributed by atoms with Crippen LogP contribution in [0.1, 0.15) is 15.9 Å². The van der Waals surface area contributed by atoms with Gasteiger partial charge in [-0.05, 0) is 23.8 Å². The first-order chi connectivity index (χ1) is 9.38. The van der Waals surface area contributed by atoms with E-state index in [0.717, 1.165) is 28.5 Å². The fourth-order valence-electron chi connectivity index (χ4n) is 2.11. The summed E-state index contributed by atoms with van der Waals surface area (Å²) in [5.41, 5.74) is 2.64. The first kappa shape index (κ1) is 11.5. The van der Waals surface area contributed by atoms with Crippen LogP contribution in [0.4, 0.5) is 0 Å². The van der Waals surface area contributed by atoms with E-state index in [2.05, 4.69) is 4.98 Å². The van der Waals surface area contributed by atoms with Gasteiger partial charge in [-0.2, -0.15) is 0 Å². The minimum Gasteiger partial charge on any atom is -0.487 e. The molecule has 3 heteroatoms. The quantitative estimate of drug-likeness (QED) is 0.720. The molecule has 0 radical (unpaired) electrons. The van der Waals surface area contributed by atoms with Gasteiger partial charge in [0.2, 0.25) is 0 Å². The van der Waals surface area contributed by atoms with Crippen molar-refractivity contribution in [3.05, 3.63) is 65.9 Å². The van der Waals surface area contributed by atoms with Gasteiger partial charge in [0.15, 0.2) is 6.29 Å². The number of hydrogen-bond donors (Lipinski definition) is 1. The molecule has 19 heavy (non-hydrogen) atoms. The van der Waals surface area contributed by atoms with E-state index < -0.39 is 0 Å². The molecule has 1 heterocycles. The number of benzene rings is 2. The van der Waals surface area contributed by atoms with Crippen LogP contribution >= 0.6 is 0 Å². The Morgan fingerprint density at radius 1 is 1.05 bits per heavy atom. The fourth-order valence-corrected chi connectivity index (χ4v) is 2.11. The lowest BCUT2D eigenvalue weighted by Crippen LogP contribution is -1.96. The molecule has 0 aliphatic carbocycles. The van der Waals surface area contributed by atoms with Gasteiger partial charge in [0.25, 0.3) is 0 Å². The van der Waals surface area contributed by atoms with E-state index in [1.54, 1.807) is 6.07 Å². The van der Waals surface area contributed by atoms with E-state index in [0.29, 0.717) is 12.2 Å². The Labute approximate surface area is 110 Å². The zero-order valence-electron chi connectivity index (χ0n) is 10.3. The van der Waals surface area contributed by atoms with Gasteiger partial charge in [-0.3, -0.25) is 4.79 Å². The maximum atomic E-state index is 11.0. The second-order valence-corrected chi connectivity index (χ2v) is 4.31. The van der Waals surface area contributed by atoms with E-state index in [4.69, 9.17) is 4.74 Å². The number of H-pyrrole nitrogens is 1. The summed E-state index contributed by atoms with van der Waals surface area (Å²) in [5.74, 6) is 0.759. The molecule has 0 aliphatic rings. The fraction of sp³-hybridized carbons (Fsp3) is 0.0625. The molecule has 0 spiro atoms. The smallest absolute Gasteiger partial charge is 0.150 e. The van der Waals surface area contributed by atoms with Gasteiger partial charge in [0.05, 0.1) is 5.52 Å². The van der Waals surface area contributed by atoms with Crippen LogP contribution in [-0.4, -0.2) is 11.3 Å². The van der Waals surface area contributed by atoms with E-state index in [1.807, 2.05) is 48.7 Å². The largest absolute Gasteiger partial charge is 0.487 e. The Hall–Kier alpha value is -2.55. The summed E-state index contributed by atoms with van der Waals surface area (Å²) in [7, 11) is 0. The first-order valence-corrected chi connectivity index (χ1v) is 6.10. The highest BCUT2D eigenvalue weighted by molar-refractivity contribution is 5.99. The van der Waals surface area contributed by atoms with Crippen molar-refractivity contribution in [2.45, 2.75) is 6.61 Å². The average Bonchev–Trinajstić information content (AvgIpc) is 2.95. The third-order valence-electron chi connectivity index (χ3n) is 3.08. The van der Waals surface area contributed by atoms with E-state index in [9.17, 15) is 4.79 Å². The minimum absolute atomic E-state index is 0.509. The SMILES string of the molecule is O=Cc1ccc(OCc2ccccc2)c2[nH]ccc12. The lowest BCUT2D eigenvalue weighted by molar-refractivity contribution is 0.112. The van der Waals surface area contributed by atoms with Crippen molar-refractivity contribution in [2.24, 2.45) is 0 Å². The molecular formula is C16H13NO2. The number of fused-ring (bicyclic) bond motifs is 1.